The van der Waals surface area contributed by atoms with Crippen LogP contribution in [0.2, 0.25) is 0 Å². The van der Waals surface area contributed by atoms with Crippen molar-refractivity contribution in [2.24, 2.45) is 5.73 Å². The van der Waals surface area contributed by atoms with E-state index in [1.165, 1.54) is 0 Å². The molecule has 3 N–H and O–H groups in total. The average molecular weight is 335 g/mol. The molecule has 0 radical (unpaired) electrons. The summed E-state index contributed by atoms with van der Waals surface area (Å²) in [6.45, 7) is 2.18. The van der Waals surface area contributed by atoms with Gasteiger partial charge in [-0.15, -0.1) is 0 Å². The van der Waals surface area contributed by atoms with Crippen LogP contribution in [0.25, 0.3) is 21.9 Å². The molecule has 128 valence electrons. The highest BCUT2D eigenvalue weighted by molar-refractivity contribution is 5.95. The van der Waals surface area contributed by atoms with Gasteiger partial charge in [-0.25, -0.2) is 0 Å². The van der Waals surface area contributed by atoms with Gasteiger partial charge in [-0.1, -0.05) is 48.5 Å². The Morgan fingerprint density at radius 1 is 1.08 bits per heavy atom. The number of rotatable bonds is 5. The number of nitrogens with zero attached hydrogens (tertiary/aromatic N) is 1. The van der Waals surface area contributed by atoms with Crippen LogP contribution in [0.3, 0.4) is 0 Å². The number of hydrogen-bond acceptors (Lipinski definition) is 3. The molecule has 0 aliphatic rings. The Labute approximate surface area is 146 Å². The molecule has 1 heterocycles. The van der Waals surface area contributed by atoms with Crippen molar-refractivity contribution >= 4 is 16.7 Å². The second-order valence-electron chi connectivity index (χ2n) is 6.08. The summed E-state index contributed by atoms with van der Waals surface area (Å²) in [5.74, 6) is -0.232. The maximum Gasteiger partial charge on any atom is 0.258 e. The zero-order chi connectivity index (χ0) is 17.8. The van der Waals surface area contributed by atoms with E-state index in [9.17, 15) is 9.59 Å². The molecule has 0 saturated heterocycles. The number of benzene rings is 2. The van der Waals surface area contributed by atoms with Gasteiger partial charge >= 0.3 is 0 Å². The zero-order valence-electron chi connectivity index (χ0n) is 14.1. The first-order valence-electron chi connectivity index (χ1n) is 8.27. The molecule has 0 aliphatic heterocycles. The Balaban J connectivity index is 2.09. The van der Waals surface area contributed by atoms with Crippen LogP contribution in [0.5, 0.6) is 0 Å². The maximum absolute atomic E-state index is 12.8. The van der Waals surface area contributed by atoms with Crippen molar-refractivity contribution in [1.29, 1.82) is 0 Å². The largest absolute Gasteiger partial charge is 0.351 e. The van der Waals surface area contributed by atoms with E-state index in [1.807, 2.05) is 67.7 Å². The topological polar surface area (TPSA) is 77.1 Å². The van der Waals surface area contributed by atoms with Gasteiger partial charge in [-0.2, -0.15) is 0 Å². The lowest BCUT2D eigenvalue weighted by Crippen LogP contribution is -2.41. The Kier molecular flexibility index (Phi) is 4.95. The molecule has 0 saturated carbocycles. The van der Waals surface area contributed by atoms with E-state index in [0.29, 0.717) is 11.9 Å². The first kappa shape index (κ1) is 16.9. The molecule has 1 unspecified atom stereocenters. The summed E-state index contributed by atoms with van der Waals surface area (Å²) in [4.78, 5) is 24.3. The Morgan fingerprint density at radius 3 is 2.40 bits per heavy atom. The molecule has 2 aromatic carbocycles. The molecule has 0 aliphatic carbocycles. The molecule has 0 bridgehead atoms. The van der Waals surface area contributed by atoms with E-state index in [4.69, 9.17) is 5.73 Å². The van der Waals surface area contributed by atoms with Crippen LogP contribution >= 0.6 is 0 Å². The van der Waals surface area contributed by atoms with Crippen LogP contribution < -0.4 is 16.6 Å². The second kappa shape index (κ2) is 7.32. The first-order chi connectivity index (χ1) is 12.1. The Morgan fingerprint density at radius 2 is 1.72 bits per heavy atom. The third-order valence-electron chi connectivity index (χ3n) is 4.14. The van der Waals surface area contributed by atoms with Gasteiger partial charge in [0.15, 0.2) is 0 Å². The predicted molar refractivity (Wildman–Crippen MR) is 100 cm³/mol. The van der Waals surface area contributed by atoms with Crippen molar-refractivity contribution < 1.29 is 4.79 Å². The molecule has 1 aromatic heterocycles. The van der Waals surface area contributed by atoms with Gasteiger partial charge < -0.3 is 15.6 Å². The molecule has 1 amide bonds. The normalized spacial score (nSPS) is 12.1. The van der Waals surface area contributed by atoms with Crippen LogP contribution in [0, 0.1) is 0 Å². The monoisotopic (exact) mass is 335 g/mol. The molecule has 5 nitrogen and oxygen atoms in total. The van der Waals surface area contributed by atoms with E-state index in [1.54, 1.807) is 4.57 Å². The van der Waals surface area contributed by atoms with Gasteiger partial charge in [0.05, 0.1) is 6.54 Å². The summed E-state index contributed by atoms with van der Waals surface area (Å²) in [7, 11) is 0. The minimum absolute atomic E-state index is 0.0633. The number of amides is 1. The molecule has 3 aromatic rings. The summed E-state index contributed by atoms with van der Waals surface area (Å²) >= 11 is 0. The molecule has 0 spiro atoms. The van der Waals surface area contributed by atoms with E-state index < -0.39 is 0 Å². The number of carbonyl (C=O) groups excluding carboxylic acids is 1. The average Bonchev–Trinajstić information content (AvgIpc) is 2.64. The minimum Gasteiger partial charge on any atom is -0.351 e. The molecule has 0 fully saturated rings. The van der Waals surface area contributed by atoms with Gasteiger partial charge in [0.2, 0.25) is 5.91 Å². The van der Waals surface area contributed by atoms with Crippen LogP contribution in [0.15, 0.2) is 65.6 Å². The Bertz CT molecular complexity index is 948. The van der Waals surface area contributed by atoms with Crippen molar-refractivity contribution in [3.05, 3.63) is 71.1 Å². The van der Waals surface area contributed by atoms with E-state index >= 15 is 0 Å². The third-order valence-corrected chi connectivity index (χ3v) is 4.14. The van der Waals surface area contributed by atoms with Crippen molar-refractivity contribution in [3.8, 4) is 11.1 Å². The van der Waals surface area contributed by atoms with Crippen LogP contribution in [-0.4, -0.2) is 23.1 Å². The van der Waals surface area contributed by atoms with Crippen molar-refractivity contribution in [2.75, 3.05) is 6.54 Å². The van der Waals surface area contributed by atoms with E-state index in [0.717, 1.165) is 16.5 Å². The number of nitrogens with one attached hydrogen (secondary N) is 1. The fraction of sp³-hybridized carbons (Fsp3) is 0.200. The van der Waals surface area contributed by atoms with Gasteiger partial charge in [-0.05, 0) is 23.9 Å². The van der Waals surface area contributed by atoms with Crippen LogP contribution in [0.1, 0.15) is 6.92 Å². The lowest BCUT2D eigenvalue weighted by atomic mass is 10.0. The van der Waals surface area contributed by atoms with Gasteiger partial charge in [0.25, 0.3) is 5.56 Å². The summed E-state index contributed by atoms with van der Waals surface area (Å²) < 4.78 is 1.66. The molecule has 1 atom stereocenters. The van der Waals surface area contributed by atoms with E-state index in [-0.39, 0.29) is 24.1 Å². The lowest BCUT2D eigenvalue weighted by molar-refractivity contribution is -0.120. The molecular weight excluding hydrogens is 314 g/mol. The summed E-state index contributed by atoms with van der Waals surface area (Å²) in [5.41, 5.74) is 7.31. The smallest absolute Gasteiger partial charge is 0.258 e. The lowest BCUT2D eigenvalue weighted by Gasteiger charge is -2.17. The van der Waals surface area contributed by atoms with Crippen molar-refractivity contribution in [3.63, 3.8) is 0 Å². The predicted octanol–water partition coefficient (Wildman–Crippen LogP) is 2.13. The summed E-state index contributed by atoms with van der Waals surface area (Å²) in [6, 6.07) is 17.4. The molecule has 25 heavy (non-hydrogen) atoms. The zero-order valence-corrected chi connectivity index (χ0v) is 14.1. The number of fused-ring (bicyclic) bond motifs is 1. The Hall–Kier alpha value is -2.92. The second-order valence-corrected chi connectivity index (χ2v) is 6.08. The number of aromatic nitrogens is 1. The molecule has 5 heteroatoms. The third kappa shape index (κ3) is 3.61. The minimum atomic E-state index is -0.232. The highest BCUT2D eigenvalue weighted by Gasteiger charge is 2.13. The number of hydrogen-bond donors (Lipinski definition) is 2. The maximum atomic E-state index is 12.8. The number of carbonyl (C=O) groups is 1. The van der Waals surface area contributed by atoms with E-state index in [2.05, 4.69) is 5.32 Å². The standard InChI is InChI=1S/C20H21N3O2/c1-14(22-19(24)11-21)12-23-13-18(15-7-3-2-4-8-15)16-9-5-6-10-17(16)20(23)25/h2-10,13-14H,11-12,21H2,1H3,(H,22,24). The highest BCUT2D eigenvalue weighted by atomic mass is 16.2. The van der Waals surface area contributed by atoms with Crippen LogP contribution in [0.4, 0.5) is 0 Å². The van der Waals surface area contributed by atoms with Crippen molar-refractivity contribution in [2.45, 2.75) is 19.5 Å². The quantitative estimate of drug-likeness (QED) is 0.750. The molecular formula is C20H21N3O2. The number of pyridine rings is 1. The molecule has 3 rings (SSSR count). The summed E-state index contributed by atoms with van der Waals surface area (Å²) in [6.07, 6.45) is 1.87. The van der Waals surface area contributed by atoms with Gasteiger partial charge in [0, 0.05) is 29.7 Å². The van der Waals surface area contributed by atoms with Gasteiger partial charge in [-0.3, -0.25) is 9.59 Å². The van der Waals surface area contributed by atoms with Crippen LogP contribution in [-0.2, 0) is 11.3 Å². The summed E-state index contributed by atoms with van der Waals surface area (Å²) in [5, 5.41) is 4.38. The van der Waals surface area contributed by atoms with Crippen molar-refractivity contribution in [1.82, 2.24) is 9.88 Å². The fourth-order valence-electron chi connectivity index (χ4n) is 3.00. The number of nitrogens with two attached hydrogens (primary N) is 1. The SMILES string of the molecule is CC(Cn1cc(-c2ccccc2)c2ccccc2c1=O)NC(=O)CN. The fourth-order valence-corrected chi connectivity index (χ4v) is 3.00. The van der Waals surface area contributed by atoms with Gasteiger partial charge in [0.1, 0.15) is 0 Å². The highest BCUT2D eigenvalue weighted by Crippen LogP contribution is 2.26. The first-order valence-corrected chi connectivity index (χ1v) is 8.27.